The molecule has 0 aromatic carbocycles. The van der Waals surface area contributed by atoms with Gasteiger partial charge in [0, 0.05) is 24.7 Å². The molecular formula is C10H8ClN3O. The van der Waals surface area contributed by atoms with Crippen LogP contribution in [0.15, 0.2) is 18.3 Å². The van der Waals surface area contributed by atoms with Crippen LogP contribution in [0.3, 0.4) is 0 Å². The van der Waals surface area contributed by atoms with Gasteiger partial charge in [-0.25, -0.2) is 4.98 Å². The van der Waals surface area contributed by atoms with E-state index in [1.54, 1.807) is 18.3 Å². The first-order valence-electron chi connectivity index (χ1n) is 4.69. The molecule has 3 rings (SSSR count). The van der Waals surface area contributed by atoms with E-state index in [0.29, 0.717) is 17.3 Å². The molecule has 0 fully saturated rings. The Morgan fingerprint density at radius 1 is 1.53 bits per heavy atom. The summed E-state index contributed by atoms with van der Waals surface area (Å²) in [6, 6.07) is 3.52. The van der Waals surface area contributed by atoms with Crippen molar-refractivity contribution in [1.29, 1.82) is 0 Å². The lowest BCUT2D eigenvalue weighted by Crippen LogP contribution is -2.34. The van der Waals surface area contributed by atoms with Crippen LogP contribution in [0.1, 0.15) is 10.5 Å². The highest BCUT2D eigenvalue weighted by atomic mass is 35.5. The van der Waals surface area contributed by atoms with Crippen molar-refractivity contribution in [3.63, 3.8) is 0 Å². The maximum absolute atomic E-state index is 11.6. The predicted molar refractivity (Wildman–Crippen MR) is 57.1 cm³/mol. The van der Waals surface area contributed by atoms with E-state index in [2.05, 4.69) is 10.3 Å². The van der Waals surface area contributed by atoms with Gasteiger partial charge in [-0.15, -0.1) is 0 Å². The summed E-state index contributed by atoms with van der Waals surface area (Å²) in [5, 5.41) is 4.26. The number of nitrogens with zero attached hydrogens (tertiary/aromatic N) is 2. The van der Waals surface area contributed by atoms with E-state index in [4.69, 9.17) is 11.6 Å². The quantitative estimate of drug-likeness (QED) is 0.732. The van der Waals surface area contributed by atoms with Gasteiger partial charge in [0.15, 0.2) is 0 Å². The van der Waals surface area contributed by atoms with Gasteiger partial charge in [0.05, 0.1) is 5.02 Å². The number of amides is 1. The van der Waals surface area contributed by atoms with Gasteiger partial charge in [-0.1, -0.05) is 11.6 Å². The van der Waals surface area contributed by atoms with Crippen molar-refractivity contribution in [2.24, 2.45) is 0 Å². The lowest BCUT2D eigenvalue weighted by molar-refractivity contribution is 0.0929. The Kier molecular flexibility index (Phi) is 1.73. The Morgan fingerprint density at radius 2 is 2.40 bits per heavy atom. The van der Waals surface area contributed by atoms with Gasteiger partial charge in [0.1, 0.15) is 11.3 Å². The third-order valence-corrected chi connectivity index (χ3v) is 2.93. The number of hydrogen-bond acceptors (Lipinski definition) is 2. The lowest BCUT2D eigenvalue weighted by atomic mass is 10.3. The van der Waals surface area contributed by atoms with Gasteiger partial charge < -0.3 is 9.88 Å². The summed E-state index contributed by atoms with van der Waals surface area (Å²) in [5.74, 6) is -0.0599. The first-order valence-corrected chi connectivity index (χ1v) is 5.07. The molecule has 3 heterocycles. The van der Waals surface area contributed by atoms with Crippen LogP contribution < -0.4 is 5.32 Å². The Morgan fingerprint density at radius 3 is 3.27 bits per heavy atom. The summed E-state index contributed by atoms with van der Waals surface area (Å²) in [5.41, 5.74) is 1.42. The highest BCUT2D eigenvalue weighted by molar-refractivity contribution is 6.35. The third-order valence-electron chi connectivity index (χ3n) is 2.60. The lowest BCUT2D eigenvalue weighted by Gasteiger charge is -2.15. The van der Waals surface area contributed by atoms with Crippen LogP contribution in [-0.4, -0.2) is 22.0 Å². The largest absolute Gasteiger partial charge is 0.349 e. The number of fused-ring (bicyclic) bond motifs is 3. The highest BCUT2D eigenvalue weighted by Crippen LogP contribution is 2.25. The molecule has 0 atom stereocenters. The van der Waals surface area contributed by atoms with Crippen molar-refractivity contribution in [1.82, 2.24) is 14.9 Å². The van der Waals surface area contributed by atoms with Gasteiger partial charge in [0.2, 0.25) is 0 Å². The second kappa shape index (κ2) is 2.97. The molecule has 0 spiro atoms. The van der Waals surface area contributed by atoms with Crippen molar-refractivity contribution in [3.05, 3.63) is 29.0 Å². The number of nitrogens with one attached hydrogen (secondary N) is 1. The summed E-state index contributed by atoms with van der Waals surface area (Å²) in [6.07, 6.45) is 1.66. The number of carbonyl (C=O) groups excluding carboxylic acids is 1. The van der Waals surface area contributed by atoms with Crippen molar-refractivity contribution in [2.75, 3.05) is 6.54 Å². The minimum absolute atomic E-state index is 0.0599. The van der Waals surface area contributed by atoms with Crippen molar-refractivity contribution in [2.45, 2.75) is 6.54 Å². The van der Waals surface area contributed by atoms with Gasteiger partial charge in [-0.3, -0.25) is 4.79 Å². The number of carbonyl (C=O) groups is 1. The number of hydrogen-bond donors (Lipinski definition) is 1. The molecule has 1 aliphatic rings. The number of halogens is 1. The fraction of sp³-hybridized carbons (Fsp3) is 0.200. The Hall–Kier alpha value is -1.55. The molecule has 15 heavy (non-hydrogen) atoms. The summed E-state index contributed by atoms with van der Waals surface area (Å²) in [6.45, 7) is 1.39. The minimum Gasteiger partial charge on any atom is -0.349 e. The molecule has 1 aliphatic heterocycles. The molecule has 1 N–H and O–H groups in total. The molecule has 0 unspecified atom stereocenters. The van der Waals surface area contributed by atoms with Crippen LogP contribution in [0.5, 0.6) is 0 Å². The van der Waals surface area contributed by atoms with E-state index in [-0.39, 0.29) is 5.91 Å². The zero-order valence-electron chi connectivity index (χ0n) is 7.83. The number of aromatic nitrogens is 2. The fourth-order valence-corrected chi connectivity index (χ4v) is 2.10. The molecular weight excluding hydrogens is 214 g/mol. The molecule has 0 aliphatic carbocycles. The van der Waals surface area contributed by atoms with Crippen LogP contribution in [0.2, 0.25) is 5.02 Å². The molecule has 4 nitrogen and oxygen atoms in total. The van der Waals surface area contributed by atoms with Crippen LogP contribution in [0.4, 0.5) is 0 Å². The topological polar surface area (TPSA) is 46.9 Å². The summed E-state index contributed by atoms with van der Waals surface area (Å²) >= 11 is 6.04. The van der Waals surface area contributed by atoms with Gasteiger partial charge in [0.25, 0.3) is 5.91 Å². The predicted octanol–water partition coefficient (Wildman–Crippen LogP) is 1.43. The average molecular weight is 222 g/mol. The number of rotatable bonds is 0. The second-order valence-electron chi connectivity index (χ2n) is 3.47. The van der Waals surface area contributed by atoms with Gasteiger partial charge in [-0.05, 0) is 12.1 Å². The molecule has 0 saturated carbocycles. The smallest absolute Gasteiger partial charge is 0.268 e. The average Bonchev–Trinajstić information content (AvgIpc) is 2.60. The van der Waals surface area contributed by atoms with Crippen molar-refractivity contribution < 1.29 is 4.79 Å². The normalized spacial score (nSPS) is 15.1. The highest BCUT2D eigenvalue weighted by Gasteiger charge is 2.20. The number of pyridine rings is 1. The van der Waals surface area contributed by atoms with Gasteiger partial charge in [-0.2, -0.15) is 0 Å². The van der Waals surface area contributed by atoms with E-state index in [1.807, 2.05) is 4.57 Å². The van der Waals surface area contributed by atoms with E-state index >= 15 is 0 Å². The van der Waals surface area contributed by atoms with Crippen LogP contribution >= 0.6 is 11.6 Å². The Labute approximate surface area is 90.9 Å². The fourth-order valence-electron chi connectivity index (χ4n) is 1.90. The van der Waals surface area contributed by atoms with E-state index < -0.39 is 0 Å². The maximum atomic E-state index is 11.6. The Balaban J connectivity index is 2.40. The monoisotopic (exact) mass is 221 g/mol. The molecule has 76 valence electrons. The molecule has 5 heteroatoms. The van der Waals surface area contributed by atoms with Crippen LogP contribution in [0.25, 0.3) is 11.0 Å². The standard InChI is InChI=1S/C10H8ClN3O/c11-7-1-2-12-9-6(7)5-8-10(15)13-3-4-14(8)9/h1-2,5H,3-4H2,(H,13,15). The first kappa shape index (κ1) is 8.73. The maximum Gasteiger partial charge on any atom is 0.268 e. The minimum atomic E-state index is -0.0599. The zero-order chi connectivity index (χ0) is 10.4. The molecule has 2 aromatic rings. The molecule has 0 saturated heterocycles. The van der Waals surface area contributed by atoms with Crippen LogP contribution in [-0.2, 0) is 6.54 Å². The molecule has 0 bridgehead atoms. The van der Waals surface area contributed by atoms with Crippen molar-refractivity contribution >= 4 is 28.5 Å². The molecule has 2 aromatic heterocycles. The SMILES string of the molecule is O=C1NCCn2c1cc1c(Cl)ccnc12. The van der Waals surface area contributed by atoms with Crippen molar-refractivity contribution in [3.8, 4) is 0 Å². The summed E-state index contributed by atoms with van der Waals surface area (Å²) in [7, 11) is 0. The Bertz CT molecular complexity index is 561. The van der Waals surface area contributed by atoms with Gasteiger partial charge >= 0.3 is 0 Å². The second-order valence-corrected chi connectivity index (χ2v) is 3.87. The van der Waals surface area contributed by atoms with E-state index in [9.17, 15) is 4.79 Å². The molecule has 0 radical (unpaired) electrons. The van der Waals surface area contributed by atoms with Crippen LogP contribution in [0, 0.1) is 0 Å². The van der Waals surface area contributed by atoms with E-state index in [1.165, 1.54) is 0 Å². The summed E-state index contributed by atoms with van der Waals surface area (Å²) in [4.78, 5) is 15.8. The van der Waals surface area contributed by atoms with E-state index in [0.717, 1.165) is 17.6 Å². The third kappa shape index (κ3) is 1.15. The first-order chi connectivity index (χ1) is 7.27. The molecule has 1 amide bonds. The zero-order valence-corrected chi connectivity index (χ0v) is 8.58. The summed E-state index contributed by atoms with van der Waals surface area (Å²) < 4.78 is 1.90.